The summed E-state index contributed by atoms with van der Waals surface area (Å²) in [6.07, 6.45) is 5.19. The summed E-state index contributed by atoms with van der Waals surface area (Å²) < 4.78 is 0. The average molecular weight is 311 g/mol. The number of nitrogen functional groups attached to an aromatic ring is 1. The van der Waals surface area contributed by atoms with Crippen LogP contribution < -0.4 is 5.73 Å². The predicted molar refractivity (Wildman–Crippen MR) is 101 cm³/mol. The lowest BCUT2D eigenvalue weighted by molar-refractivity contribution is 0.550. The van der Waals surface area contributed by atoms with Gasteiger partial charge in [-0.15, -0.1) is 0 Å². The molecule has 0 aromatic heterocycles. The molecule has 0 atom stereocenters. The first-order valence-corrected chi connectivity index (χ1v) is 8.89. The van der Waals surface area contributed by atoms with Crippen LogP contribution >= 0.6 is 0 Å². The molecule has 0 radical (unpaired) electrons. The van der Waals surface area contributed by atoms with Crippen molar-refractivity contribution in [3.05, 3.63) is 77.9 Å². The van der Waals surface area contributed by atoms with E-state index in [4.69, 9.17) is 5.73 Å². The molecule has 5 rings (SSSR count). The molecule has 0 unspecified atom stereocenters. The molecule has 0 saturated heterocycles. The number of nitrogens with two attached hydrogens (primary N) is 1. The molecule has 118 valence electrons. The van der Waals surface area contributed by atoms with Gasteiger partial charge in [0.1, 0.15) is 0 Å². The first-order valence-electron chi connectivity index (χ1n) is 8.89. The van der Waals surface area contributed by atoms with Crippen molar-refractivity contribution in [3.8, 4) is 22.3 Å². The summed E-state index contributed by atoms with van der Waals surface area (Å²) in [5.74, 6) is 0. The Labute approximate surface area is 143 Å². The second-order valence-electron chi connectivity index (χ2n) is 7.18. The number of fused-ring (bicyclic) bond motifs is 5. The van der Waals surface area contributed by atoms with Crippen molar-refractivity contribution in [1.29, 1.82) is 0 Å². The summed E-state index contributed by atoms with van der Waals surface area (Å²) in [6, 6.07) is 24.1. The highest BCUT2D eigenvalue weighted by molar-refractivity contribution is 5.86. The Kier molecular flexibility index (Phi) is 2.87. The Morgan fingerprint density at radius 1 is 0.667 bits per heavy atom. The van der Waals surface area contributed by atoms with E-state index < -0.39 is 0 Å². The highest BCUT2D eigenvalue weighted by Gasteiger charge is 2.44. The molecule has 2 aliphatic rings. The van der Waals surface area contributed by atoms with E-state index in [1.54, 1.807) is 0 Å². The Bertz CT molecular complexity index is 932. The zero-order valence-electron chi connectivity index (χ0n) is 13.8. The zero-order chi connectivity index (χ0) is 16.1. The van der Waals surface area contributed by atoms with Gasteiger partial charge in [0.15, 0.2) is 0 Å². The quantitative estimate of drug-likeness (QED) is 0.567. The second kappa shape index (κ2) is 4.98. The third kappa shape index (κ3) is 1.76. The summed E-state index contributed by atoms with van der Waals surface area (Å²) in [5, 5.41) is 0. The number of hydrogen-bond donors (Lipinski definition) is 1. The van der Waals surface area contributed by atoms with Gasteiger partial charge in [-0.05, 0) is 52.8 Å². The minimum atomic E-state index is 0.228. The summed E-state index contributed by atoms with van der Waals surface area (Å²) in [5.41, 5.74) is 15.6. The molecule has 1 fully saturated rings. The van der Waals surface area contributed by atoms with Gasteiger partial charge in [-0.25, -0.2) is 0 Å². The molecule has 1 heteroatoms. The van der Waals surface area contributed by atoms with E-state index in [1.807, 2.05) is 12.1 Å². The normalized spacial score (nSPS) is 17.0. The molecule has 2 N–H and O–H groups in total. The summed E-state index contributed by atoms with van der Waals surface area (Å²) >= 11 is 0. The van der Waals surface area contributed by atoms with E-state index in [0.29, 0.717) is 0 Å². The van der Waals surface area contributed by atoms with E-state index in [0.717, 1.165) is 11.3 Å². The third-order valence-corrected chi connectivity index (χ3v) is 6.00. The summed E-state index contributed by atoms with van der Waals surface area (Å²) in [4.78, 5) is 0. The van der Waals surface area contributed by atoms with Crippen molar-refractivity contribution in [3.63, 3.8) is 0 Å². The Morgan fingerprint density at radius 2 is 1.33 bits per heavy atom. The average Bonchev–Trinajstić information content (AvgIpc) is 3.22. The van der Waals surface area contributed by atoms with Crippen LogP contribution in [0.1, 0.15) is 36.8 Å². The molecule has 1 nitrogen and oxygen atoms in total. The van der Waals surface area contributed by atoms with Crippen LogP contribution in [0.25, 0.3) is 22.3 Å². The molecule has 1 saturated carbocycles. The molecule has 0 amide bonds. The Morgan fingerprint density at radius 3 is 2.12 bits per heavy atom. The van der Waals surface area contributed by atoms with Crippen molar-refractivity contribution in [1.82, 2.24) is 0 Å². The lowest BCUT2D eigenvalue weighted by Crippen LogP contribution is -2.20. The van der Waals surface area contributed by atoms with Gasteiger partial charge in [0.2, 0.25) is 0 Å². The van der Waals surface area contributed by atoms with Crippen LogP contribution in [0, 0.1) is 0 Å². The minimum absolute atomic E-state index is 0.228. The number of anilines is 1. The van der Waals surface area contributed by atoms with Crippen LogP contribution in [0.3, 0.4) is 0 Å². The SMILES string of the molecule is Nc1ccccc1-c1ccc2c(c1)C1(CCCC1)c1ccccc1-2. The maximum Gasteiger partial charge on any atom is 0.0393 e. The fourth-order valence-electron chi connectivity index (χ4n) is 4.90. The van der Waals surface area contributed by atoms with Gasteiger partial charge in [-0.3, -0.25) is 0 Å². The maximum atomic E-state index is 6.23. The van der Waals surface area contributed by atoms with Gasteiger partial charge >= 0.3 is 0 Å². The fourth-order valence-corrected chi connectivity index (χ4v) is 4.90. The highest BCUT2D eigenvalue weighted by atomic mass is 14.6. The van der Waals surface area contributed by atoms with Gasteiger partial charge in [-0.2, -0.15) is 0 Å². The molecule has 24 heavy (non-hydrogen) atoms. The fraction of sp³-hybridized carbons (Fsp3) is 0.217. The van der Waals surface area contributed by atoms with Crippen molar-refractivity contribution < 1.29 is 0 Å². The maximum absolute atomic E-state index is 6.23. The number of benzene rings is 3. The standard InChI is InChI=1S/C23H21N/c24-22-10-4-2-7-17(22)16-11-12-19-18-8-1-3-9-20(18)23(21(19)15-16)13-5-6-14-23/h1-4,7-12,15H,5-6,13-14,24H2. The molecule has 2 aliphatic carbocycles. The third-order valence-electron chi connectivity index (χ3n) is 6.00. The van der Waals surface area contributed by atoms with Crippen molar-refractivity contribution in [2.24, 2.45) is 0 Å². The van der Waals surface area contributed by atoms with E-state index in [9.17, 15) is 0 Å². The van der Waals surface area contributed by atoms with Crippen LogP contribution in [0.5, 0.6) is 0 Å². The number of para-hydroxylation sites is 1. The molecular weight excluding hydrogens is 290 g/mol. The van der Waals surface area contributed by atoms with Crippen LogP contribution in [0.2, 0.25) is 0 Å². The summed E-state index contributed by atoms with van der Waals surface area (Å²) in [7, 11) is 0. The van der Waals surface area contributed by atoms with Crippen LogP contribution in [-0.2, 0) is 5.41 Å². The zero-order valence-corrected chi connectivity index (χ0v) is 13.8. The van der Waals surface area contributed by atoms with E-state index in [-0.39, 0.29) is 5.41 Å². The lowest BCUT2D eigenvalue weighted by Gasteiger charge is -2.27. The first-order chi connectivity index (χ1) is 11.8. The number of hydrogen-bond acceptors (Lipinski definition) is 1. The number of rotatable bonds is 1. The summed E-state index contributed by atoms with van der Waals surface area (Å²) in [6.45, 7) is 0. The molecular formula is C23H21N. The van der Waals surface area contributed by atoms with E-state index in [1.165, 1.54) is 53.5 Å². The molecule has 1 spiro atoms. The van der Waals surface area contributed by atoms with Crippen LogP contribution in [0.15, 0.2) is 66.7 Å². The van der Waals surface area contributed by atoms with Crippen molar-refractivity contribution in [2.75, 3.05) is 5.73 Å². The van der Waals surface area contributed by atoms with E-state index in [2.05, 4.69) is 54.6 Å². The smallest absolute Gasteiger partial charge is 0.0393 e. The van der Waals surface area contributed by atoms with E-state index >= 15 is 0 Å². The lowest BCUT2D eigenvalue weighted by atomic mass is 9.76. The van der Waals surface area contributed by atoms with Gasteiger partial charge in [0.25, 0.3) is 0 Å². The Hall–Kier alpha value is -2.54. The van der Waals surface area contributed by atoms with Gasteiger partial charge < -0.3 is 5.73 Å². The van der Waals surface area contributed by atoms with Gasteiger partial charge in [0.05, 0.1) is 0 Å². The van der Waals surface area contributed by atoms with Crippen LogP contribution in [-0.4, -0.2) is 0 Å². The van der Waals surface area contributed by atoms with Gasteiger partial charge in [-0.1, -0.05) is 67.4 Å². The minimum Gasteiger partial charge on any atom is -0.398 e. The molecule has 0 heterocycles. The second-order valence-corrected chi connectivity index (χ2v) is 7.18. The van der Waals surface area contributed by atoms with Gasteiger partial charge in [0, 0.05) is 16.7 Å². The molecule has 3 aromatic rings. The largest absolute Gasteiger partial charge is 0.398 e. The first kappa shape index (κ1) is 13.9. The van der Waals surface area contributed by atoms with Crippen molar-refractivity contribution in [2.45, 2.75) is 31.1 Å². The molecule has 0 aliphatic heterocycles. The van der Waals surface area contributed by atoms with Crippen molar-refractivity contribution >= 4 is 5.69 Å². The molecule has 3 aromatic carbocycles. The monoisotopic (exact) mass is 311 g/mol. The van der Waals surface area contributed by atoms with Crippen LogP contribution in [0.4, 0.5) is 5.69 Å². The predicted octanol–water partition coefficient (Wildman–Crippen LogP) is 5.78. The topological polar surface area (TPSA) is 26.0 Å². The highest BCUT2D eigenvalue weighted by Crippen LogP contribution is 2.57. The Balaban J connectivity index is 1.76. The molecule has 0 bridgehead atoms.